The summed E-state index contributed by atoms with van der Waals surface area (Å²) in [6, 6.07) is 16.4. The largest absolute Gasteiger partial charge is 0.497 e. The van der Waals surface area contributed by atoms with Gasteiger partial charge in [0.15, 0.2) is 0 Å². The lowest BCUT2D eigenvalue weighted by atomic mass is 9.94. The lowest BCUT2D eigenvalue weighted by molar-refractivity contribution is -0.141. The van der Waals surface area contributed by atoms with E-state index in [0.717, 1.165) is 36.1 Å². The van der Waals surface area contributed by atoms with E-state index in [2.05, 4.69) is 5.32 Å². The average Bonchev–Trinajstić information content (AvgIpc) is 3.38. The molecule has 0 saturated heterocycles. The summed E-state index contributed by atoms with van der Waals surface area (Å²) in [5, 5.41) is 5.15. The predicted molar refractivity (Wildman–Crippen MR) is 136 cm³/mol. The van der Waals surface area contributed by atoms with E-state index in [1.807, 2.05) is 35.7 Å². The van der Waals surface area contributed by atoms with Crippen LogP contribution in [0.2, 0.25) is 0 Å². The van der Waals surface area contributed by atoms with Gasteiger partial charge in [-0.25, -0.2) is 4.39 Å². The number of hydrogen-bond donors (Lipinski definition) is 1. The number of nitrogens with zero attached hydrogens (tertiary/aromatic N) is 1. The Bertz CT molecular complexity index is 1110. The number of ether oxygens (including phenoxy) is 1. The van der Waals surface area contributed by atoms with Gasteiger partial charge in [0.2, 0.25) is 11.8 Å². The van der Waals surface area contributed by atoms with Gasteiger partial charge < -0.3 is 15.0 Å². The second-order valence-corrected chi connectivity index (χ2v) is 9.96. The molecule has 0 unspecified atom stereocenters. The molecule has 1 saturated carbocycles. The standard InChI is InChI=1S/C28H31FN2O3S/c1-34-24-10-5-7-21(17-24)27(28(33)30-23-8-3-2-4-9-23)31(19-20-12-14-22(29)15-13-20)26(32)18-25-11-6-16-35-25/h5-7,10-17,23,27H,2-4,8-9,18-19H2,1H3,(H,30,33)/t27-/m0/s1. The molecule has 1 N–H and O–H groups in total. The summed E-state index contributed by atoms with van der Waals surface area (Å²) in [4.78, 5) is 30.0. The third kappa shape index (κ3) is 6.69. The van der Waals surface area contributed by atoms with E-state index < -0.39 is 6.04 Å². The molecule has 1 aliphatic carbocycles. The van der Waals surface area contributed by atoms with Crippen molar-refractivity contribution in [2.24, 2.45) is 0 Å². The minimum absolute atomic E-state index is 0.101. The van der Waals surface area contributed by atoms with Crippen molar-refractivity contribution >= 4 is 23.2 Å². The van der Waals surface area contributed by atoms with Gasteiger partial charge in [0, 0.05) is 17.5 Å². The Morgan fingerprint density at radius 2 is 1.86 bits per heavy atom. The highest BCUT2D eigenvalue weighted by molar-refractivity contribution is 7.10. The van der Waals surface area contributed by atoms with E-state index in [1.165, 1.54) is 29.9 Å². The number of methoxy groups -OCH3 is 1. The highest BCUT2D eigenvalue weighted by Gasteiger charge is 2.33. The number of nitrogens with one attached hydrogen (secondary N) is 1. The molecule has 35 heavy (non-hydrogen) atoms. The third-order valence-electron chi connectivity index (χ3n) is 6.41. The molecular formula is C28H31FN2O3S. The van der Waals surface area contributed by atoms with Gasteiger partial charge in [0.1, 0.15) is 17.6 Å². The number of carbonyl (C=O) groups is 2. The van der Waals surface area contributed by atoms with Crippen LogP contribution in [0.3, 0.4) is 0 Å². The van der Waals surface area contributed by atoms with Gasteiger partial charge in [-0.2, -0.15) is 0 Å². The molecule has 3 aromatic rings. The zero-order valence-corrected chi connectivity index (χ0v) is 20.7. The van der Waals surface area contributed by atoms with Gasteiger partial charge in [0.05, 0.1) is 13.5 Å². The number of hydrogen-bond acceptors (Lipinski definition) is 4. The summed E-state index contributed by atoms with van der Waals surface area (Å²) >= 11 is 1.51. The van der Waals surface area contributed by atoms with Crippen molar-refractivity contribution in [2.75, 3.05) is 7.11 Å². The van der Waals surface area contributed by atoms with E-state index in [-0.39, 0.29) is 36.6 Å². The fraction of sp³-hybridized carbons (Fsp3) is 0.357. The first-order valence-electron chi connectivity index (χ1n) is 12.0. The maximum absolute atomic E-state index is 13.8. The summed E-state index contributed by atoms with van der Waals surface area (Å²) in [5.41, 5.74) is 1.43. The Balaban J connectivity index is 1.70. The molecule has 0 radical (unpaired) electrons. The molecule has 0 bridgehead atoms. The summed E-state index contributed by atoms with van der Waals surface area (Å²) in [6.07, 6.45) is 5.43. The number of benzene rings is 2. The smallest absolute Gasteiger partial charge is 0.247 e. The number of halogens is 1. The van der Waals surface area contributed by atoms with Crippen LogP contribution in [-0.4, -0.2) is 29.9 Å². The molecule has 5 nitrogen and oxygen atoms in total. The predicted octanol–water partition coefficient (Wildman–Crippen LogP) is 5.66. The molecule has 1 aliphatic rings. The normalized spacial score (nSPS) is 14.8. The number of rotatable bonds is 9. The van der Waals surface area contributed by atoms with Crippen LogP contribution < -0.4 is 10.1 Å². The molecule has 184 valence electrons. The summed E-state index contributed by atoms with van der Waals surface area (Å²) in [5.74, 6) is -0.0924. The van der Waals surface area contributed by atoms with E-state index in [4.69, 9.17) is 4.74 Å². The van der Waals surface area contributed by atoms with Crippen molar-refractivity contribution < 1.29 is 18.7 Å². The van der Waals surface area contributed by atoms with E-state index in [9.17, 15) is 14.0 Å². The second kappa shape index (κ2) is 12.0. The van der Waals surface area contributed by atoms with Gasteiger partial charge in [-0.05, 0) is 59.7 Å². The maximum atomic E-state index is 13.8. The van der Waals surface area contributed by atoms with Crippen molar-refractivity contribution in [3.63, 3.8) is 0 Å². The number of amides is 2. The molecule has 1 aromatic heterocycles. The van der Waals surface area contributed by atoms with Crippen LogP contribution in [-0.2, 0) is 22.6 Å². The highest BCUT2D eigenvalue weighted by Crippen LogP contribution is 2.29. The van der Waals surface area contributed by atoms with Crippen LogP contribution in [0.1, 0.15) is 54.1 Å². The van der Waals surface area contributed by atoms with Crippen molar-refractivity contribution in [1.82, 2.24) is 10.2 Å². The first-order valence-corrected chi connectivity index (χ1v) is 12.9. The van der Waals surface area contributed by atoms with Gasteiger partial charge >= 0.3 is 0 Å². The fourth-order valence-electron chi connectivity index (χ4n) is 4.59. The summed E-state index contributed by atoms with van der Waals surface area (Å²) in [6.45, 7) is 0.185. The number of thiophene rings is 1. The van der Waals surface area contributed by atoms with Crippen LogP contribution >= 0.6 is 11.3 Å². The molecule has 1 fully saturated rings. The quantitative estimate of drug-likeness (QED) is 0.418. The van der Waals surface area contributed by atoms with Crippen LogP contribution in [0.15, 0.2) is 66.0 Å². The zero-order chi connectivity index (χ0) is 24.6. The van der Waals surface area contributed by atoms with Crippen molar-refractivity contribution in [3.05, 3.63) is 87.9 Å². The molecule has 2 amide bonds. The fourth-order valence-corrected chi connectivity index (χ4v) is 5.28. The second-order valence-electron chi connectivity index (χ2n) is 8.93. The van der Waals surface area contributed by atoms with Gasteiger partial charge in [-0.15, -0.1) is 11.3 Å². The van der Waals surface area contributed by atoms with Crippen molar-refractivity contribution in [1.29, 1.82) is 0 Å². The molecule has 1 heterocycles. The van der Waals surface area contributed by atoms with Crippen molar-refractivity contribution in [2.45, 2.75) is 57.2 Å². The molecule has 0 aliphatic heterocycles. The van der Waals surface area contributed by atoms with Crippen molar-refractivity contribution in [3.8, 4) is 5.75 Å². The van der Waals surface area contributed by atoms with Crippen LogP contribution in [0, 0.1) is 5.82 Å². The molecule has 4 rings (SSSR count). The highest BCUT2D eigenvalue weighted by atomic mass is 32.1. The minimum Gasteiger partial charge on any atom is -0.497 e. The molecule has 1 atom stereocenters. The Morgan fingerprint density at radius 3 is 2.54 bits per heavy atom. The molecule has 0 spiro atoms. The van der Waals surface area contributed by atoms with Gasteiger partial charge in [0.25, 0.3) is 0 Å². The average molecular weight is 495 g/mol. The topological polar surface area (TPSA) is 58.6 Å². The first kappa shape index (κ1) is 24.9. The monoisotopic (exact) mass is 494 g/mol. The maximum Gasteiger partial charge on any atom is 0.247 e. The third-order valence-corrected chi connectivity index (χ3v) is 7.29. The van der Waals surface area contributed by atoms with Crippen LogP contribution in [0.25, 0.3) is 0 Å². The molecular weight excluding hydrogens is 463 g/mol. The Kier molecular flexibility index (Phi) is 8.53. The Morgan fingerprint density at radius 1 is 1.09 bits per heavy atom. The lowest BCUT2D eigenvalue weighted by Crippen LogP contribution is -2.47. The molecule has 2 aromatic carbocycles. The lowest BCUT2D eigenvalue weighted by Gasteiger charge is -2.33. The summed E-state index contributed by atoms with van der Waals surface area (Å²) < 4.78 is 19.0. The van der Waals surface area contributed by atoms with Crippen LogP contribution in [0.4, 0.5) is 4.39 Å². The number of carbonyl (C=O) groups excluding carboxylic acids is 2. The van der Waals surface area contributed by atoms with E-state index in [0.29, 0.717) is 11.3 Å². The van der Waals surface area contributed by atoms with Gasteiger partial charge in [-0.1, -0.05) is 49.6 Å². The summed E-state index contributed by atoms with van der Waals surface area (Å²) in [7, 11) is 1.58. The van der Waals surface area contributed by atoms with E-state index in [1.54, 1.807) is 30.2 Å². The Hall–Kier alpha value is -3.19. The van der Waals surface area contributed by atoms with Gasteiger partial charge in [-0.3, -0.25) is 9.59 Å². The molecule has 7 heteroatoms. The SMILES string of the molecule is COc1cccc([C@@H](C(=O)NC2CCCCC2)N(Cc2ccc(F)cc2)C(=O)Cc2cccs2)c1. The Labute approximate surface area is 209 Å². The zero-order valence-electron chi connectivity index (χ0n) is 19.9. The minimum atomic E-state index is -0.843. The van der Waals surface area contributed by atoms with E-state index >= 15 is 0 Å². The first-order chi connectivity index (χ1) is 17.0. The van der Waals surface area contributed by atoms with Crippen LogP contribution in [0.5, 0.6) is 5.75 Å².